The molecule has 1 aromatic heterocycles. The highest BCUT2D eigenvalue weighted by atomic mass is 16.5. The molecule has 0 atom stereocenters. The van der Waals surface area contributed by atoms with Crippen LogP contribution in [0.25, 0.3) is 0 Å². The van der Waals surface area contributed by atoms with E-state index in [0.717, 1.165) is 11.3 Å². The van der Waals surface area contributed by atoms with E-state index in [9.17, 15) is 14.4 Å². The molecular formula is C23H23N3O6. The number of aromatic nitrogens is 1. The van der Waals surface area contributed by atoms with Crippen LogP contribution in [0.2, 0.25) is 0 Å². The first kappa shape index (κ1) is 22.5. The van der Waals surface area contributed by atoms with Crippen molar-refractivity contribution in [3.63, 3.8) is 0 Å². The van der Waals surface area contributed by atoms with E-state index in [0.29, 0.717) is 17.9 Å². The number of para-hydroxylation sites is 1. The highest BCUT2D eigenvalue weighted by Gasteiger charge is 2.16. The molecule has 0 unspecified atom stereocenters. The minimum Gasteiger partial charge on any atom is -0.497 e. The van der Waals surface area contributed by atoms with Gasteiger partial charge in [0.1, 0.15) is 11.5 Å². The summed E-state index contributed by atoms with van der Waals surface area (Å²) in [6.07, 6.45) is 0.763. The van der Waals surface area contributed by atoms with Gasteiger partial charge in [0.15, 0.2) is 12.4 Å². The summed E-state index contributed by atoms with van der Waals surface area (Å²) in [6.45, 7) is 1.18. The third-order valence-electron chi connectivity index (χ3n) is 4.45. The highest BCUT2D eigenvalue weighted by Crippen LogP contribution is 2.18. The number of anilines is 2. The molecule has 2 N–H and O–H groups in total. The zero-order chi connectivity index (χ0) is 22.9. The number of rotatable bonds is 9. The number of carbonyl (C=O) groups is 3. The predicted octanol–water partition coefficient (Wildman–Crippen LogP) is 3.36. The summed E-state index contributed by atoms with van der Waals surface area (Å²) in [5, 5.41) is 8.82. The Morgan fingerprint density at radius 2 is 1.75 bits per heavy atom. The van der Waals surface area contributed by atoms with Crippen LogP contribution >= 0.6 is 0 Å². The van der Waals surface area contributed by atoms with Crippen molar-refractivity contribution in [2.75, 3.05) is 24.4 Å². The molecule has 3 aromatic rings. The minimum absolute atomic E-state index is 0.148. The van der Waals surface area contributed by atoms with Crippen LogP contribution in [0, 0.1) is 6.92 Å². The largest absolute Gasteiger partial charge is 0.497 e. The average Bonchev–Trinajstić information content (AvgIpc) is 3.21. The molecule has 0 fully saturated rings. The van der Waals surface area contributed by atoms with Crippen molar-refractivity contribution < 1.29 is 28.4 Å². The molecule has 0 aliphatic carbocycles. The molecule has 0 spiro atoms. The first-order chi connectivity index (χ1) is 15.4. The lowest BCUT2D eigenvalue weighted by Crippen LogP contribution is -2.22. The summed E-state index contributed by atoms with van der Waals surface area (Å²) in [6, 6.07) is 15.4. The fraction of sp³-hybridized carbons (Fsp3) is 0.217. The van der Waals surface area contributed by atoms with Gasteiger partial charge in [-0.1, -0.05) is 29.4 Å². The van der Waals surface area contributed by atoms with Gasteiger partial charge in [-0.05, 0) is 43.2 Å². The molecule has 2 amide bonds. The van der Waals surface area contributed by atoms with Gasteiger partial charge in [-0.25, -0.2) is 4.79 Å². The topological polar surface area (TPSA) is 120 Å². The van der Waals surface area contributed by atoms with E-state index < -0.39 is 18.5 Å². The summed E-state index contributed by atoms with van der Waals surface area (Å²) in [7, 11) is 1.59. The van der Waals surface area contributed by atoms with Gasteiger partial charge < -0.3 is 24.6 Å². The van der Waals surface area contributed by atoms with Crippen molar-refractivity contribution in [1.29, 1.82) is 0 Å². The number of nitrogens with zero attached hydrogens (tertiary/aromatic N) is 1. The van der Waals surface area contributed by atoms with E-state index in [1.54, 1.807) is 32.2 Å². The smallest absolute Gasteiger partial charge is 0.340 e. The van der Waals surface area contributed by atoms with Gasteiger partial charge in [-0.3, -0.25) is 9.59 Å². The molecule has 9 heteroatoms. The number of aryl methyl sites for hydroxylation is 2. The number of carbonyl (C=O) groups excluding carboxylic acids is 3. The third kappa shape index (κ3) is 6.43. The summed E-state index contributed by atoms with van der Waals surface area (Å²) in [5.74, 6) is -0.0344. The zero-order valence-corrected chi connectivity index (χ0v) is 17.7. The summed E-state index contributed by atoms with van der Waals surface area (Å²) in [5.41, 5.74) is 1.45. The van der Waals surface area contributed by atoms with E-state index in [2.05, 4.69) is 15.8 Å². The quantitative estimate of drug-likeness (QED) is 0.493. The van der Waals surface area contributed by atoms with Gasteiger partial charge >= 0.3 is 5.97 Å². The second-order valence-corrected chi connectivity index (χ2v) is 6.89. The molecule has 32 heavy (non-hydrogen) atoms. The van der Waals surface area contributed by atoms with Crippen LogP contribution in [0.1, 0.15) is 28.1 Å². The molecule has 2 aromatic carbocycles. The molecule has 166 valence electrons. The Hall–Kier alpha value is -4.14. The Labute approximate surface area is 184 Å². The predicted molar refractivity (Wildman–Crippen MR) is 117 cm³/mol. The molecule has 3 rings (SSSR count). The molecule has 0 aliphatic rings. The second kappa shape index (κ2) is 10.8. The molecule has 0 aliphatic heterocycles. The summed E-state index contributed by atoms with van der Waals surface area (Å²) >= 11 is 0. The Kier molecular flexibility index (Phi) is 7.58. The van der Waals surface area contributed by atoms with Crippen molar-refractivity contribution in [3.8, 4) is 5.75 Å². The molecular weight excluding hydrogens is 414 g/mol. The number of ether oxygens (including phenoxy) is 2. The lowest BCUT2D eigenvalue weighted by molar-refractivity contribution is -0.119. The van der Waals surface area contributed by atoms with E-state index in [1.807, 2.05) is 24.3 Å². The third-order valence-corrected chi connectivity index (χ3v) is 4.45. The van der Waals surface area contributed by atoms with Gasteiger partial charge in [0.05, 0.1) is 18.4 Å². The fourth-order valence-corrected chi connectivity index (χ4v) is 2.85. The number of benzene rings is 2. The zero-order valence-electron chi connectivity index (χ0n) is 17.7. The van der Waals surface area contributed by atoms with Crippen LogP contribution in [0.3, 0.4) is 0 Å². The van der Waals surface area contributed by atoms with E-state index in [4.69, 9.17) is 14.0 Å². The van der Waals surface area contributed by atoms with Gasteiger partial charge in [0.2, 0.25) is 5.91 Å². The number of hydrogen-bond acceptors (Lipinski definition) is 7. The minimum atomic E-state index is -0.734. The van der Waals surface area contributed by atoms with Crippen molar-refractivity contribution in [1.82, 2.24) is 5.16 Å². The Morgan fingerprint density at radius 1 is 1.00 bits per heavy atom. The summed E-state index contributed by atoms with van der Waals surface area (Å²) in [4.78, 5) is 36.8. The lowest BCUT2D eigenvalue weighted by atomic mass is 10.1. The van der Waals surface area contributed by atoms with E-state index >= 15 is 0 Å². The Bertz CT molecular complexity index is 1090. The number of esters is 1. The lowest BCUT2D eigenvalue weighted by Gasteiger charge is -2.11. The van der Waals surface area contributed by atoms with Crippen LogP contribution in [-0.2, 0) is 20.7 Å². The van der Waals surface area contributed by atoms with Gasteiger partial charge in [0.25, 0.3) is 5.91 Å². The van der Waals surface area contributed by atoms with Crippen LogP contribution in [-0.4, -0.2) is 36.7 Å². The Balaban J connectivity index is 1.52. The SMILES string of the molecule is COc1ccc(CCC(=O)Nc2ccccc2C(=O)OCC(=O)Nc2cc(C)on2)cc1. The maximum atomic E-state index is 12.4. The number of methoxy groups -OCH3 is 1. The molecule has 1 heterocycles. The van der Waals surface area contributed by atoms with Crippen molar-refractivity contribution in [2.24, 2.45) is 0 Å². The van der Waals surface area contributed by atoms with Gasteiger partial charge in [-0.2, -0.15) is 0 Å². The van der Waals surface area contributed by atoms with Crippen molar-refractivity contribution in [2.45, 2.75) is 19.8 Å². The maximum Gasteiger partial charge on any atom is 0.340 e. The summed E-state index contributed by atoms with van der Waals surface area (Å²) < 4.78 is 15.0. The fourth-order valence-electron chi connectivity index (χ4n) is 2.85. The first-order valence-electron chi connectivity index (χ1n) is 9.86. The van der Waals surface area contributed by atoms with Gasteiger partial charge in [0, 0.05) is 12.5 Å². The van der Waals surface area contributed by atoms with Crippen LogP contribution in [0.5, 0.6) is 5.75 Å². The first-order valence-corrected chi connectivity index (χ1v) is 9.86. The van der Waals surface area contributed by atoms with Crippen molar-refractivity contribution >= 4 is 29.3 Å². The Morgan fingerprint density at radius 3 is 2.44 bits per heavy atom. The molecule has 0 saturated carbocycles. The van der Waals surface area contributed by atoms with Gasteiger partial charge in [-0.15, -0.1) is 0 Å². The standard InChI is InChI=1S/C23H23N3O6/c1-15-13-20(26-32-15)25-22(28)14-31-23(29)18-5-3-4-6-19(18)24-21(27)12-9-16-7-10-17(30-2)11-8-16/h3-8,10-11,13H,9,12,14H2,1-2H3,(H,24,27)(H,25,26,28). The van der Waals surface area contributed by atoms with Crippen LogP contribution in [0.15, 0.2) is 59.1 Å². The maximum absolute atomic E-state index is 12.4. The monoisotopic (exact) mass is 437 g/mol. The van der Waals surface area contributed by atoms with Crippen molar-refractivity contribution in [3.05, 3.63) is 71.5 Å². The second-order valence-electron chi connectivity index (χ2n) is 6.89. The van der Waals surface area contributed by atoms with E-state index in [-0.39, 0.29) is 23.7 Å². The van der Waals surface area contributed by atoms with Crippen LogP contribution < -0.4 is 15.4 Å². The number of amides is 2. The number of hydrogen-bond donors (Lipinski definition) is 2. The highest BCUT2D eigenvalue weighted by molar-refractivity contribution is 6.02. The molecule has 0 radical (unpaired) electrons. The molecule has 9 nitrogen and oxygen atoms in total. The number of nitrogens with one attached hydrogen (secondary N) is 2. The molecule has 0 bridgehead atoms. The average molecular weight is 437 g/mol. The normalized spacial score (nSPS) is 10.3. The van der Waals surface area contributed by atoms with Crippen LogP contribution in [0.4, 0.5) is 11.5 Å². The molecule has 0 saturated heterocycles. The van der Waals surface area contributed by atoms with E-state index in [1.165, 1.54) is 12.1 Å².